The monoisotopic (exact) mass is 271 g/mol. The number of hydrogen-bond donors (Lipinski definition) is 1. The minimum atomic E-state index is -0.248. The van der Waals surface area contributed by atoms with Gasteiger partial charge in [0.25, 0.3) is 5.91 Å². The number of hydrogen-bond acceptors (Lipinski definition) is 3. The van der Waals surface area contributed by atoms with Gasteiger partial charge in [-0.1, -0.05) is 6.07 Å². The van der Waals surface area contributed by atoms with Crippen molar-refractivity contribution in [1.82, 2.24) is 5.32 Å². The fourth-order valence-corrected chi connectivity index (χ4v) is 1.48. The number of carbonyl (C=O) groups is 2. The number of halogens is 1. The average molecular weight is 272 g/mol. The van der Waals surface area contributed by atoms with E-state index in [1.807, 2.05) is 0 Å². The maximum absolute atomic E-state index is 11.0. The van der Waals surface area contributed by atoms with Crippen LogP contribution in [0.5, 0.6) is 5.75 Å². The molecule has 1 aromatic carbocycles. The SMILES string of the molecule is CNC(=O)COc1c(Br)cccc1C=O. The van der Waals surface area contributed by atoms with Crippen molar-refractivity contribution in [2.75, 3.05) is 13.7 Å². The lowest BCUT2D eigenvalue weighted by Crippen LogP contribution is -2.25. The zero-order chi connectivity index (χ0) is 11.3. The molecule has 5 heteroatoms. The summed E-state index contributed by atoms with van der Waals surface area (Å²) >= 11 is 3.24. The molecule has 0 aliphatic carbocycles. The first kappa shape index (κ1) is 11.7. The quantitative estimate of drug-likeness (QED) is 0.842. The molecule has 0 saturated carbocycles. The molecule has 0 saturated heterocycles. The van der Waals surface area contributed by atoms with E-state index in [2.05, 4.69) is 21.2 Å². The Hall–Kier alpha value is -1.36. The van der Waals surface area contributed by atoms with Crippen LogP contribution in [0.2, 0.25) is 0 Å². The number of rotatable bonds is 4. The highest BCUT2D eigenvalue weighted by Crippen LogP contribution is 2.27. The van der Waals surface area contributed by atoms with E-state index in [1.54, 1.807) is 18.2 Å². The Labute approximate surface area is 95.7 Å². The molecular weight excluding hydrogens is 262 g/mol. The van der Waals surface area contributed by atoms with Crippen molar-refractivity contribution in [1.29, 1.82) is 0 Å². The largest absolute Gasteiger partial charge is 0.482 e. The number of nitrogens with one attached hydrogen (secondary N) is 1. The van der Waals surface area contributed by atoms with E-state index in [-0.39, 0.29) is 12.5 Å². The van der Waals surface area contributed by atoms with Crippen LogP contribution in [0.3, 0.4) is 0 Å². The molecule has 4 nitrogen and oxygen atoms in total. The second-order valence-electron chi connectivity index (χ2n) is 2.74. The van der Waals surface area contributed by atoms with Crippen molar-refractivity contribution in [3.8, 4) is 5.75 Å². The lowest BCUT2D eigenvalue weighted by atomic mass is 10.2. The second-order valence-corrected chi connectivity index (χ2v) is 3.59. The Morgan fingerprint density at radius 2 is 2.33 bits per heavy atom. The molecular formula is C10H10BrNO3. The van der Waals surface area contributed by atoms with Crippen LogP contribution in [0.15, 0.2) is 22.7 Å². The van der Waals surface area contributed by atoms with E-state index in [4.69, 9.17) is 4.74 Å². The van der Waals surface area contributed by atoms with Gasteiger partial charge < -0.3 is 10.1 Å². The topological polar surface area (TPSA) is 55.4 Å². The second kappa shape index (κ2) is 5.50. The van der Waals surface area contributed by atoms with Gasteiger partial charge in [0.15, 0.2) is 12.9 Å². The maximum Gasteiger partial charge on any atom is 0.257 e. The molecule has 1 rings (SSSR count). The first-order valence-corrected chi connectivity index (χ1v) is 5.05. The van der Waals surface area contributed by atoms with Gasteiger partial charge in [-0.2, -0.15) is 0 Å². The van der Waals surface area contributed by atoms with Gasteiger partial charge in [0.1, 0.15) is 5.75 Å². The highest BCUT2D eigenvalue weighted by Gasteiger charge is 2.08. The van der Waals surface area contributed by atoms with Crippen molar-refractivity contribution < 1.29 is 14.3 Å². The predicted octanol–water partition coefficient (Wildman–Crippen LogP) is 1.39. The van der Waals surface area contributed by atoms with E-state index in [0.29, 0.717) is 22.1 Å². The van der Waals surface area contributed by atoms with Gasteiger partial charge in [-0.3, -0.25) is 9.59 Å². The third-order valence-corrected chi connectivity index (χ3v) is 2.38. The molecule has 0 aliphatic heterocycles. The third-order valence-electron chi connectivity index (χ3n) is 1.75. The summed E-state index contributed by atoms with van der Waals surface area (Å²) in [5.74, 6) is 0.138. The first-order valence-electron chi connectivity index (χ1n) is 4.26. The number of carbonyl (C=O) groups excluding carboxylic acids is 2. The number of para-hydroxylation sites is 1. The normalized spacial score (nSPS) is 9.47. The Kier molecular flexibility index (Phi) is 4.30. The van der Waals surface area contributed by atoms with E-state index in [0.717, 1.165) is 0 Å². The summed E-state index contributed by atoms with van der Waals surface area (Å²) in [4.78, 5) is 21.6. The number of amides is 1. The fraction of sp³-hybridized carbons (Fsp3) is 0.200. The highest BCUT2D eigenvalue weighted by atomic mass is 79.9. The molecule has 0 spiro atoms. The molecule has 0 fully saturated rings. The highest BCUT2D eigenvalue weighted by molar-refractivity contribution is 9.10. The van der Waals surface area contributed by atoms with Crippen LogP contribution in [0.25, 0.3) is 0 Å². The van der Waals surface area contributed by atoms with Crippen molar-refractivity contribution in [3.63, 3.8) is 0 Å². The first-order chi connectivity index (χ1) is 7.19. The predicted molar refractivity (Wildman–Crippen MR) is 59.1 cm³/mol. The zero-order valence-corrected chi connectivity index (χ0v) is 9.71. The van der Waals surface area contributed by atoms with Gasteiger partial charge in [-0.15, -0.1) is 0 Å². The standard InChI is InChI=1S/C10H10BrNO3/c1-12-9(14)6-15-10-7(5-13)3-2-4-8(10)11/h2-5H,6H2,1H3,(H,12,14). The summed E-state index contributed by atoms with van der Waals surface area (Å²) in [5.41, 5.74) is 0.410. The molecule has 0 radical (unpaired) electrons. The zero-order valence-electron chi connectivity index (χ0n) is 8.12. The summed E-state index contributed by atoms with van der Waals surface area (Å²) < 4.78 is 5.87. The van der Waals surface area contributed by atoms with Crippen LogP contribution >= 0.6 is 15.9 Å². The Bertz CT molecular complexity index is 379. The van der Waals surface area contributed by atoms with Crippen molar-refractivity contribution >= 4 is 28.1 Å². The molecule has 0 aliphatic rings. The van der Waals surface area contributed by atoms with Crippen LogP contribution in [0, 0.1) is 0 Å². The van der Waals surface area contributed by atoms with Crippen molar-refractivity contribution in [3.05, 3.63) is 28.2 Å². The summed E-state index contributed by atoms with van der Waals surface area (Å²) in [6, 6.07) is 5.09. The Morgan fingerprint density at radius 1 is 1.60 bits per heavy atom. The van der Waals surface area contributed by atoms with Crippen LogP contribution in [0.4, 0.5) is 0 Å². The average Bonchev–Trinajstić information content (AvgIpc) is 2.26. The van der Waals surface area contributed by atoms with Gasteiger partial charge in [0.2, 0.25) is 0 Å². The Morgan fingerprint density at radius 3 is 2.93 bits per heavy atom. The molecule has 0 heterocycles. The lowest BCUT2D eigenvalue weighted by Gasteiger charge is -2.09. The molecule has 80 valence electrons. The van der Waals surface area contributed by atoms with Crippen molar-refractivity contribution in [2.24, 2.45) is 0 Å². The number of likely N-dealkylation sites (N-methyl/N-ethyl adjacent to an activating group) is 1. The van der Waals surface area contributed by atoms with Crippen LogP contribution in [-0.4, -0.2) is 25.8 Å². The lowest BCUT2D eigenvalue weighted by molar-refractivity contribution is -0.122. The summed E-state index contributed by atoms with van der Waals surface area (Å²) in [5, 5.41) is 2.42. The van der Waals surface area contributed by atoms with E-state index in [1.165, 1.54) is 7.05 Å². The molecule has 0 bridgehead atoms. The van der Waals surface area contributed by atoms with Gasteiger partial charge in [-0.05, 0) is 28.1 Å². The van der Waals surface area contributed by atoms with Crippen LogP contribution < -0.4 is 10.1 Å². The minimum absolute atomic E-state index is 0.111. The number of ether oxygens (including phenoxy) is 1. The van der Waals surface area contributed by atoms with Crippen molar-refractivity contribution in [2.45, 2.75) is 0 Å². The Balaban J connectivity index is 2.83. The van der Waals surface area contributed by atoms with Crippen LogP contribution in [0.1, 0.15) is 10.4 Å². The van der Waals surface area contributed by atoms with Gasteiger partial charge in [0, 0.05) is 7.05 Å². The summed E-state index contributed by atoms with van der Waals surface area (Å²) in [6.45, 7) is -0.111. The molecule has 0 atom stereocenters. The number of benzene rings is 1. The molecule has 15 heavy (non-hydrogen) atoms. The van der Waals surface area contributed by atoms with E-state index in [9.17, 15) is 9.59 Å². The smallest absolute Gasteiger partial charge is 0.257 e. The number of aldehydes is 1. The molecule has 1 amide bonds. The molecule has 1 aromatic rings. The van der Waals surface area contributed by atoms with Gasteiger partial charge in [-0.25, -0.2) is 0 Å². The van der Waals surface area contributed by atoms with Gasteiger partial charge >= 0.3 is 0 Å². The fourth-order valence-electron chi connectivity index (χ4n) is 0.980. The maximum atomic E-state index is 11.0. The molecule has 0 aromatic heterocycles. The summed E-state index contributed by atoms with van der Waals surface area (Å²) in [7, 11) is 1.52. The van der Waals surface area contributed by atoms with E-state index < -0.39 is 0 Å². The minimum Gasteiger partial charge on any atom is -0.482 e. The van der Waals surface area contributed by atoms with Crippen LogP contribution in [-0.2, 0) is 4.79 Å². The van der Waals surface area contributed by atoms with Gasteiger partial charge in [0.05, 0.1) is 10.0 Å². The molecule has 1 N–H and O–H groups in total. The third kappa shape index (κ3) is 3.06. The van der Waals surface area contributed by atoms with E-state index >= 15 is 0 Å². The molecule has 0 unspecified atom stereocenters. The summed E-state index contributed by atoms with van der Waals surface area (Å²) in [6.07, 6.45) is 0.684.